The van der Waals surface area contributed by atoms with Crippen LogP contribution in [0.3, 0.4) is 0 Å². The van der Waals surface area contributed by atoms with Crippen molar-refractivity contribution in [2.24, 2.45) is 9.98 Å². The van der Waals surface area contributed by atoms with Crippen LogP contribution in [-0.4, -0.2) is 44.7 Å². The SMILES string of the molecule is O/C(=C\C1=Nc2cnccc2C2=NCCN12)c1cccnc1. The number of aromatic nitrogens is 2. The lowest BCUT2D eigenvalue weighted by atomic mass is 10.1. The summed E-state index contributed by atoms with van der Waals surface area (Å²) in [5.41, 5.74) is 2.40. The molecule has 2 aliphatic rings. The highest BCUT2D eigenvalue weighted by Crippen LogP contribution is 2.28. The maximum absolute atomic E-state index is 10.3. The summed E-state index contributed by atoms with van der Waals surface area (Å²) in [6.07, 6.45) is 8.38. The van der Waals surface area contributed by atoms with Crippen molar-refractivity contribution in [3.8, 4) is 0 Å². The first-order chi connectivity index (χ1) is 10.8. The van der Waals surface area contributed by atoms with Crippen LogP contribution in [0.15, 0.2) is 59.0 Å². The molecule has 0 unspecified atom stereocenters. The van der Waals surface area contributed by atoms with E-state index in [0.29, 0.717) is 11.4 Å². The van der Waals surface area contributed by atoms with Crippen molar-refractivity contribution in [3.63, 3.8) is 0 Å². The first-order valence-corrected chi connectivity index (χ1v) is 6.99. The number of amidine groups is 2. The fraction of sp³-hybridized carbons (Fsp3) is 0.125. The van der Waals surface area contributed by atoms with Gasteiger partial charge in [0.15, 0.2) is 0 Å². The van der Waals surface area contributed by atoms with Crippen molar-refractivity contribution >= 4 is 23.1 Å². The molecule has 0 saturated heterocycles. The van der Waals surface area contributed by atoms with Crippen molar-refractivity contribution in [1.82, 2.24) is 14.9 Å². The number of aliphatic hydroxyl groups excluding tert-OH is 1. The van der Waals surface area contributed by atoms with E-state index in [1.54, 1.807) is 43.0 Å². The van der Waals surface area contributed by atoms with Gasteiger partial charge in [-0.15, -0.1) is 0 Å². The molecule has 6 nitrogen and oxygen atoms in total. The van der Waals surface area contributed by atoms with Gasteiger partial charge in [0.05, 0.1) is 18.4 Å². The van der Waals surface area contributed by atoms with E-state index in [0.717, 1.165) is 30.2 Å². The van der Waals surface area contributed by atoms with Crippen LogP contribution in [0.25, 0.3) is 5.76 Å². The number of nitrogens with zero attached hydrogens (tertiary/aromatic N) is 5. The lowest BCUT2D eigenvalue weighted by molar-refractivity contribution is 0.511. The van der Waals surface area contributed by atoms with Crippen LogP contribution < -0.4 is 0 Å². The second-order valence-electron chi connectivity index (χ2n) is 4.99. The molecule has 2 aromatic heterocycles. The van der Waals surface area contributed by atoms with Gasteiger partial charge >= 0.3 is 0 Å². The Balaban J connectivity index is 1.79. The molecule has 0 saturated carbocycles. The van der Waals surface area contributed by atoms with Crippen LogP contribution in [0.4, 0.5) is 5.69 Å². The molecular weight excluding hydrogens is 278 g/mol. The normalized spacial score (nSPS) is 16.7. The molecule has 6 heteroatoms. The molecular formula is C16H13N5O. The molecule has 4 rings (SSSR count). The second-order valence-corrected chi connectivity index (χ2v) is 4.99. The maximum Gasteiger partial charge on any atom is 0.139 e. The number of pyridine rings is 2. The molecule has 22 heavy (non-hydrogen) atoms. The van der Waals surface area contributed by atoms with Gasteiger partial charge in [-0.1, -0.05) is 0 Å². The van der Waals surface area contributed by atoms with E-state index >= 15 is 0 Å². The van der Waals surface area contributed by atoms with Gasteiger partial charge in [-0.05, 0) is 18.2 Å². The topological polar surface area (TPSA) is 74.0 Å². The summed E-state index contributed by atoms with van der Waals surface area (Å²) in [7, 11) is 0. The predicted octanol–water partition coefficient (Wildman–Crippen LogP) is 2.18. The Kier molecular flexibility index (Phi) is 2.93. The first-order valence-electron chi connectivity index (χ1n) is 6.99. The van der Waals surface area contributed by atoms with Gasteiger partial charge in [0, 0.05) is 42.3 Å². The summed E-state index contributed by atoms with van der Waals surface area (Å²) < 4.78 is 0. The summed E-state index contributed by atoms with van der Waals surface area (Å²) in [4.78, 5) is 19.3. The number of hydrogen-bond acceptors (Lipinski definition) is 6. The Morgan fingerprint density at radius 1 is 1.18 bits per heavy atom. The molecule has 0 aliphatic carbocycles. The van der Waals surface area contributed by atoms with Crippen LogP contribution in [0.5, 0.6) is 0 Å². The van der Waals surface area contributed by atoms with E-state index in [1.165, 1.54) is 0 Å². The van der Waals surface area contributed by atoms with Crippen molar-refractivity contribution in [2.75, 3.05) is 13.1 Å². The zero-order chi connectivity index (χ0) is 14.9. The monoisotopic (exact) mass is 291 g/mol. The number of rotatable bonds is 2. The van der Waals surface area contributed by atoms with Crippen molar-refractivity contribution in [1.29, 1.82) is 0 Å². The molecule has 0 fully saturated rings. The zero-order valence-electron chi connectivity index (χ0n) is 11.7. The van der Waals surface area contributed by atoms with Crippen molar-refractivity contribution in [3.05, 3.63) is 60.2 Å². The molecule has 0 bridgehead atoms. The molecule has 0 aromatic carbocycles. The van der Waals surface area contributed by atoms with Gasteiger partial charge in [0.25, 0.3) is 0 Å². The Labute approximate surface area is 127 Å². The Bertz CT molecular complexity index is 810. The van der Waals surface area contributed by atoms with Gasteiger partial charge in [-0.2, -0.15) is 0 Å². The average molecular weight is 291 g/mol. The standard InChI is InChI=1S/C16H13N5O/c22-14(11-2-1-4-17-9-11)8-15-20-13-10-18-5-3-12(13)16-19-6-7-21(15)16/h1-5,8-10,22H,6-7H2/b14-8-. The second kappa shape index (κ2) is 5.07. The third-order valence-corrected chi connectivity index (χ3v) is 3.62. The van der Waals surface area contributed by atoms with Crippen LogP contribution in [0, 0.1) is 0 Å². The summed E-state index contributed by atoms with van der Waals surface area (Å²) >= 11 is 0. The summed E-state index contributed by atoms with van der Waals surface area (Å²) in [6, 6.07) is 5.50. The lowest BCUT2D eigenvalue weighted by Gasteiger charge is -2.25. The Morgan fingerprint density at radius 2 is 2.09 bits per heavy atom. The molecule has 1 N–H and O–H groups in total. The number of aliphatic imine (C=N–C) groups is 2. The minimum Gasteiger partial charge on any atom is -0.507 e. The molecule has 4 heterocycles. The van der Waals surface area contributed by atoms with Crippen molar-refractivity contribution in [2.45, 2.75) is 0 Å². The highest BCUT2D eigenvalue weighted by atomic mass is 16.3. The summed E-state index contributed by atoms with van der Waals surface area (Å²) in [5.74, 6) is 1.68. The molecule has 0 spiro atoms. The molecule has 108 valence electrons. The van der Waals surface area contributed by atoms with Gasteiger partial charge in [0.1, 0.15) is 17.4 Å². The van der Waals surface area contributed by atoms with Crippen LogP contribution >= 0.6 is 0 Å². The quantitative estimate of drug-likeness (QED) is 0.861. The fourth-order valence-electron chi connectivity index (χ4n) is 2.58. The van der Waals surface area contributed by atoms with E-state index < -0.39 is 0 Å². The summed E-state index contributed by atoms with van der Waals surface area (Å²) in [6.45, 7) is 1.48. The minimum atomic E-state index is 0.130. The Morgan fingerprint density at radius 3 is 2.95 bits per heavy atom. The van der Waals surface area contributed by atoms with Crippen LogP contribution in [0.2, 0.25) is 0 Å². The van der Waals surface area contributed by atoms with E-state index in [4.69, 9.17) is 0 Å². The van der Waals surface area contributed by atoms with E-state index in [-0.39, 0.29) is 5.76 Å². The van der Waals surface area contributed by atoms with Crippen LogP contribution in [-0.2, 0) is 0 Å². The number of aliphatic hydroxyl groups is 1. The van der Waals surface area contributed by atoms with Crippen LogP contribution in [0.1, 0.15) is 11.1 Å². The van der Waals surface area contributed by atoms with E-state index in [1.807, 2.05) is 11.0 Å². The maximum atomic E-state index is 10.3. The largest absolute Gasteiger partial charge is 0.507 e. The zero-order valence-corrected chi connectivity index (χ0v) is 11.7. The first kappa shape index (κ1) is 12.7. The third kappa shape index (κ3) is 2.05. The minimum absolute atomic E-state index is 0.130. The lowest BCUT2D eigenvalue weighted by Crippen LogP contribution is -2.36. The third-order valence-electron chi connectivity index (χ3n) is 3.62. The number of hydrogen-bond donors (Lipinski definition) is 1. The summed E-state index contributed by atoms with van der Waals surface area (Å²) in [5, 5.41) is 10.3. The van der Waals surface area contributed by atoms with Gasteiger partial charge in [-0.25, -0.2) is 4.99 Å². The predicted molar refractivity (Wildman–Crippen MR) is 84.3 cm³/mol. The Hall–Kier alpha value is -3.02. The number of fused-ring (bicyclic) bond motifs is 3. The molecule has 0 radical (unpaired) electrons. The van der Waals surface area contributed by atoms with Gasteiger partial charge in [-0.3, -0.25) is 15.0 Å². The van der Waals surface area contributed by atoms with Crippen molar-refractivity contribution < 1.29 is 5.11 Å². The molecule has 2 aromatic rings. The fourth-order valence-corrected chi connectivity index (χ4v) is 2.58. The molecule has 0 amide bonds. The molecule has 2 aliphatic heterocycles. The smallest absolute Gasteiger partial charge is 0.139 e. The highest BCUT2D eigenvalue weighted by Gasteiger charge is 2.28. The average Bonchev–Trinajstić information content (AvgIpc) is 3.06. The van der Waals surface area contributed by atoms with Gasteiger partial charge < -0.3 is 10.0 Å². The van der Waals surface area contributed by atoms with E-state index in [2.05, 4.69) is 20.0 Å². The van der Waals surface area contributed by atoms with E-state index in [9.17, 15) is 5.11 Å². The molecule has 0 atom stereocenters. The highest BCUT2D eigenvalue weighted by molar-refractivity contribution is 6.19. The van der Waals surface area contributed by atoms with Gasteiger partial charge in [0.2, 0.25) is 0 Å².